The molecule has 138 valence electrons. The van der Waals surface area contributed by atoms with Crippen LogP contribution in [-0.4, -0.2) is 11.7 Å². The summed E-state index contributed by atoms with van der Waals surface area (Å²) < 4.78 is 0. The standard InChI is InChI=1S/C22H26ClNOS/c1-2-21(19-11-10-17-7-3-4-8-18(17)13-19)24-22(25)15-26-14-16-6-5-9-20(23)12-16/h5-6,9-13,21H,2-4,7-8,14-15H2,1H3,(H,24,25)/t21-/m1/s1. The Morgan fingerprint density at radius 2 is 1.96 bits per heavy atom. The maximum absolute atomic E-state index is 12.4. The second kappa shape index (κ2) is 9.48. The van der Waals surface area contributed by atoms with Crippen LogP contribution in [-0.2, 0) is 23.4 Å². The average Bonchev–Trinajstić information content (AvgIpc) is 2.66. The van der Waals surface area contributed by atoms with Gasteiger partial charge < -0.3 is 5.32 Å². The van der Waals surface area contributed by atoms with E-state index in [-0.39, 0.29) is 11.9 Å². The number of amides is 1. The fourth-order valence-electron chi connectivity index (χ4n) is 3.52. The number of fused-ring (bicyclic) bond motifs is 1. The molecule has 0 radical (unpaired) electrons. The summed E-state index contributed by atoms with van der Waals surface area (Å²) in [4.78, 5) is 12.4. The van der Waals surface area contributed by atoms with Gasteiger partial charge in [-0.3, -0.25) is 4.79 Å². The zero-order valence-corrected chi connectivity index (χ0v) is 16.8. The van der Waals surface area contributed by atoms with E-state index in [0.29, 0.717) is 5.75 Å². The molecule has 2 aromatic carbocycles. The van der Waals surface area contributed by atoms with Gasteiger partial charge in [-0.1, -0.05) is 48.9 Å². The lowest BCUT2D eigenvalue weighted by Gasteiger charge is -2.21. The van der Waals surface area contributed by atoms with Crippen molar-refractivity contribution in [1.82, 2.24) is 5.32 Å². The molecular weight excluding hydrogens is 362 g/mol. The van der Waals surface area contributed by atoms with E-state index in [4.69, 9.17) is 11.6 Å². The lowest BCUT2D eigenvalue weighted by Crippen LogP contribution is -2.29. The Labute approximate surface area is 165 Å². The summed E-state index contributed by atoms with van der Waals surface area (Å²) in [5, 5.41) is 3.94. The summed E-state index contributed by atoms with van der Waals surface area (Å²) in [6.07, 6.45) is 5.84. The Kier molecular flexibility index (Phi) is 7.04. The molecule has 3 rings (SSSR count). The highest BCUT2D eigenvalue weighted by molar-refractivity contribution is 7.99. The molecule has 0 aliphatic heterocycles. The summed E-state index contributed by atoms with van der Waals surface area (Å²) in [6.45, 7) is 2.13. The summed E-state index contributed by atoms with van der Waals surface area (Å²) in [5.74, 6) is 1.36. The van der Waals surface area contributed by atoms with E-state index >= 15 is 0 Å². The number of nitrogens with one attached hydrogen (secondary N) is 1. The molecule has 0 fully saturated rings. The van der Waals surface area contributed by atoms with Gasteiger partial charge in [0, 0.05) is 10.8 Å². The monoisotopic (exact) mass is 387 g/mol. The molecule has 0 spiro atoms. The maximum atomic E-state index is 12.4. The van der Waals surface area contributed by atoms with Crippen molar-refractivity contribution in [3.8, 4) is 0 Å². The second-order valence-electron chi connectivity index (χ2n) is 6.89. The number of halogens is 1. The Morgan fingerprint density at radius 3 is 2.73 bits per heavy atom. The van der Waals surface area contributed by atoms with E-state index < -0.39 is 0 Å². The van der Waals surface area contributed by atoms with Crippen molar-refractivity contribution >= 4 is 29.3 Å². The lowest BCUT2D eigenvalue weighted by atomic mass is 9.89. The number of hydrogen-bond donors (Lipinski definition) is 1. The number of aryl methyl sites for hydroxylation is 2. The molecule has 0 aromatic heterocycles. The molecule has 26 heavy (non-hydrogen) atoms. The minimum Gasteiger partial charge on any atom is -0.349 e. The second-order valence-corrected chi connectivity index (χ2v) is 8.31. The van der Waals surface area contributed by atoms with Crippen LogP contribution < -0.4 is 5.32 Å². The van der Waals surface area contributed by atoms with Crippen LogP contribution in [0.4, 0.5) is 0 Å². The summed E-state index contributed by atoms with van der Waals surface area (Å²) in [7, 11) is 0. The molecule has 1 atom stereocenters. The Hall–Kier alpha value is -1.45. The number of hydrogen-bond acceptors (Lipinski definition) is 2. The minimum absolute atomic E-state index is 0.0986. The van der Waals surface area contributed by atoms with Crippen LogP contribution in [0.5, 0.6) is 0 Å². The number of carbonyl (C=O) groups excluding carboxylic acids is 1. The maximum Gasteiger partial charge on any atom is 0.230 e. The largest absolute Gasteiger partial charge is 0.349 e. The van der Waals surface area contributed by atoms with E-state index in [0.717, 1.165) is 22.8 Å². The van der Waals surface area contributed by atoms with Crippen LogP contribution in [0, 0.1) is 0 Å². The van der Waals surface area contributed by atoms with Crippen LogP contribution >= 0.6 is 23.4 Å². The van der Waals surface area contributed by atoms with Crippen molar-refractivity contribution < 1.29 is 4.79 Å². The molecule has 1 aliphatic rings. The van der Waals surface area contributed by atoms with Gasteiger partial charge in [0.1, 0.15) is 0 Å². The van der Waals surface area contributed by atoms with Gasteiger partial charge in [-0.15, -0.1) is 11.8 Å². The highest BCUT2D eigenvalue weighted by atomic mass is 35.5. The number of carbonyl (C=O) groups is 1. The predicted octanol–water partition coefficient (Wildman–Crippen LogP) is 5.72. The number of thioether (sulfide) groups is 1. The molecular formula is C22H26ClNOS. The summed E-state index contributed by atoms with van der Waals surface area (Å²) in [6, 6.07) is 14.7. The molecule has 2 aromatic rings. The van der Waals surface area contributed by atoms with Crippen molar-refractivity contribution in [3.05, 3.63) is 69.7 Å². The zero-order valence-electron chi connectivity index (χ0n) is 15.3. The number of rotatable bonds is 7. The van der Waals surface area contributed by atoms with E-state index in [1.807, 2.05) is 24.3 Å². The molecule has 4 heteroatoms. The van der Waals surface area contributed by atoms with E-state index in [1.165, 1.54) is 42.4 Å². The molecule has 0 bridgehead atoms. The van der Waals surface area contributed by atoms with E-state index in [9.17, 15) is 4.79 Å². The van der Waals surface area contributed by atoms with Crippen LogP contribution in [0.3, 0.4) is 0 Å². The first-order valence-corrected chi connectivity index (χ1v) is 10.9. The van der Waals surface area contributed by atoms with Gasteiger partial charge in [0.05, 0.1) is 11.8 Å². The Bertz CT molecular complexity index is 762. The van der Waals surface area contributed by atoms with Gasteiger partial charge in [0.2, 0.25) is 5.91 Å². The predicted molar refractivity (Wildman–Crippen MR) is 112 cm³/mol. The molecule has 0 saturated carbocycles. The van der Waals surface area contributed by atoms with Crippen LogP contribution in [0.15, 0.2) is 42.5 Å². The topological polar surface area (TPSA) is 29.1 Å². The number of benzene rings is 2. The quantitative estimate of drug-likeness (QED) is 0.658. The van der Waals surface area contributed by atoms with Crippen LogP contribution in [0.25, 0.3) is 0 Å². The first-order chi connectivity index (χ1) is 12.7. The van der Waals surface area contributed by atoms with Crippen molar-refractivity contribution in [1.29, 1.82) is 0 Å². The molecule has 1 N–H and O–H groups in total. The molecule has 1 aliphatic carbocycles. The third kappa shape index (κ3) is 5.28. The Balaban J connectivity index is 1.53. The fraction of sp³-hybridized carbons (Fsp3) is 0.409. The van der Waals surface area contributed by atoms with Crippen molar-refractivity contribution in [2.75, 3.05) is 5.75 Å². The fourth-order valence-corrected chi connectivity index (χ4v) is 4.51. The first-order valence-electron chi connectivity index (χ1n) is 9.39. The molecule has 2 nitrogen and oxygen atoms in total. The van der Waals surface area contributed by atoms with Crippen molar-refractivity contribution in [3.63, 3.8) is 0 Å². The summed E-state index contributed by atoms with van der Waals surface area (Å²) in [5.41, 5.74) is 5.34. The van der Waals surface area contributed by atoms with Gasteiger partial charge in [-0.2, -0.15) is 0 Å². The zero-order chi connectivity index (χ0) is 18.4. The van der Waals surface area contributed by atoms with Crippen LogP contribution in [0.1, 0.15) is 54.5 Å². The third-order valence-electron chi connectivity index (χ3n) is 4.91. The average molecular weight is 388 g/mol. The molecule has 0 unspecified atom stereocenters. The molecule has 0 saturated heterocycles. The lowest BCUT2D eigenvalue weighted by molar-refractivity contribution is -0.119. The first kappa shape index (κ1) is 19.3. The van der Waals surface area contributed by atoms with Gasteiger partial charge in [0.15, 0.2) is 0 Å². The SMILES string of the molecule is CC[C@@H](NC(=O)CSCc1cccc(Cl)c1)c1ccc2c(c1)CCCC2. The van der Waals surface area contributed by atoms with Gasteiger partial charge >= 0.3 is 0 Å². The van der Waals surface area contributed by atoms with Crippen molar-refractivity contribution in [2.45, 2.75) is 50.8 Å². The summed E-state index contributed by atoms with van der Waals surface area (Å²) >= 11 is 7.63. The van der Waals surface area contributed by atoms with Crippen LogP contribution in [0.2, 0.25) is 5.02 Å². The normalized spacial score (nSPS) is 14.5. The van der Waals surface area contributed by atoms with E-state index in [1.54, 1.807) is 11.8 Å². The smallest absolute Gasteiger partial charge is 0.230 e. The van der Waals surface area contributed by atoms with Crippen molar-refractivity contribution in [2.24, 2.45) is 0 Å². The molecule has 0 heterocycles. The van der Waals surface area contributed by atoms with E-state index in [2.05, 4.69) is 30.4 Å². The third-order valence-corrected chi connectivity index (χ3v) is 6.15. The highest BCUT2D eigenvalue weighted by Crippen LogP contribution is 2.26. The van der Waals surface area contributed by atoms with Gasteiger partial charge in [-0.25, -0.2) is 0 Å². The van der Waals surface area contributed by atoms with Gasteiger partial charge in [-0.05, 0) is 66.5 Å². The Morgan fingerprint density at radius 1 is 1.15 bits per heavy atom. The highest BCUT2D eigenvalue weighted by Gasteiger charge is 2.16. The van der Waals surface area contributed by atoms with Gasteiger partial charge in [0.25, 0.3) is 0 Å². The minimum atomic E-state index is 0.0986. The molecule has 1 amide bonds.